The van der Waals surface area contributed by atoms with Crippen molar-refractivity contribution in [3.8, 4) is 11.4 Å². The first kappa shape index (κ1) is 17.1. The van der Waals surface area contributed by atoms with Gasteiger partial charge < -0.3 is 10.6 Å². The van der Waals surface area contributed by atoms with Crippen LogP contribution in [0.4, 0.5) is 19.0 Å². The highest BCUT2D eigenvalue weighted by molar-refractivity contribution is 5.85. The molecule has 2 aromatic rings. The number of alkyl halides is 3. The monoisotopic (exact) mass is 351 g/mol. The normalized spacial score (nSPS) is 15.5. The number of anilines is 1. The van der Waals surface area contributed by atoms with E-state index >= 15 is 0 Å². The van der Waals surface area contributed by atoms with Crippen molar-refractivity contribution >= 4 is 11.7 Å². The van der Waals surface area contributed by atoms with Gasteiger partial charge >= 0.3 is 6.18 Å². The highest BCUT2D eigenvalue weighted by Crippen LogP contribution is 2.45. The number of aromatic nitrogens is 3. The highest BCUT2D eigenvalue weighted by atomic mass is 19.4. The summed E-state index contributed by atoms with van der Waals surface area (Å²) in [6.45, 7) is 0.407. The molecule has 1 fully saturated rings. The molecule has 9 heteroatoms. The minimum atomic E-state index is -4.48. The lowest BCUT2D eigenvalue weighted by Crippen LogP contribution is -2.33. The summed E-state index contributed by atoms with van der Waals surface area (Å²) in [7, 11) is 1.59. The summed E-state index contributed by atoms with van der Waals surface area (Å²) in [4.78, 5) is 23.7. The van der Waals surface area contributed by atoms with E-state index in [0.717, 1.165) is 25.1 Å². The molecule has 0 bridgehead atoms. The average Bonchev–Trinajstić information content (AvgIpc) is 3.40. The number of rotatable bonds is 5. The molecule has 0 unspecified atom stereocenters. The lowest BCUT2D eigenvalue weighted by Gasteiger charge is -2.15. The Bertz CT molecular complexity index is 789. The molecule has 1 aliphatic rings. The van der Waals surface area contributed by atoms with Crippen LogP contribution in [0.2, 0.25) is 0 Å². The number of carbonyl (C=O) groups is 1. The van der Waals surface area contributed by atoms with Gasteiger partial charge in [-0.3, -0.25) is 9.78 Å². The van der Waals surface area contributed by atoms with Gasteiger partial charge in [0, 0.05) is 37.7 Å². The molecular formula is C16H16F3N5O. The summed E-state index contributed by atoms with van der Waals surface area (Å²) in [6, 6.07) is 2.56. The lowest BCUT2D eigenvalue weighted by molar-refractivity contribution is -0.137. The summed E-state index contributed by atoms with van der Waals surface area (Å²) in [5, 5.41) is 5.70. The van der Waals surface area contributed by atoms with Crippen LogP contribution in [0.25, 0.3) is 11.4 Å². The zero-order valence-corrected chi connectivity index (χ0v) is 13.4. The summed E-state index contributed by atoms with van der Waals surface area (Å²) in [5.74, 6) is 0.544. The second-order valence-electron chi connectivity index (χ2n) is 5.94. The molecule has 1 aliphatic carbocycles. The van der Waals surface area contributed by atoms with E-state index in [9.17, 15) is 18.0 Å². The van der Waals surface area contributed by atoms with Gasteiger partial charge in [0.25, 0.3) is 0 Å². The Hall–Kier alpha value is -2.71. The van der Waals surface area contributed by atoms with Crippen LogP contribution in [-0.4, -0.2) is 34.5 Å². The molecule has 0 spiro atoms. The van der Waals surface area contributed by atoms with Gasteiger partial charge in [0.2, 0.25) is 5.91 Å². The lowest BCUT2D eigenvalue weighted by atomic mass is 10.1. The van der Waals surface area contributed by atoms with E-state index in [-0.39, 0.29) is 17.3 Å². The molecule has 0 aromatic carbocycles. The van der Waals surface area contributed by atoms with Crippen LogP contribution in [0.15, 0.2) is 30.7 Å². The van der Waals surface area contributed by atoms with Crippen LogP contribution in [0, 0.1) is 5.41 Å². The zero-order valence-electron chi connectivity index (χ0n) is 13.4. The SMILES string of the molecule is CNC(=O)C1(CNc2ccnc(-c3cncc(C(F)(F)F)c3)n2)CC1. The van der Waals surface area contributed by atoms with E-state index in [1.54, 1.807) is 13.1 Å². The Morgan fingerprint density at radius 2 is 2.08 bits per heavy atom. The molecule has 0 saturated heterocycles. The second kappa shape index (κ2) is 6.30. The van der Waals surface area contributed by atoms with Gasteiger partial charge in [-0.15, -0.1) is 0 Å². The van der Waals surface area contributed by atoms with Crippen molar-refractivity contribution in [2.24, 2.45) is 5.41 Å². The Labute approximate surface area is 141 Å². The second-order valence-corrected chi connectivity index (χ2v) is 5.94. The largest absolute Gasteiger partial charge is 0.417 e. The quantitative estimate of drug-likeness (QED) is 0.865. The van der Waals surface area contributed by atoms with Crippen LogP contribution >= 0.6 is 0 Å². The Kier molecular flexibility index (Phi) is 4.32. The minimum absolute atomic E-state index is 0.0312. The number of halogens is 3. The van der Waals surface area contributed by atoms with Crippen LogP contribution in [0.3, 0.4) is 0 Å². The Morgan fingerprint density at radius 3 is 2.72 bits per heavy atom. The fourth-order valence-electron chi connectivity index (χ4n) is 2.47. The first-order valence-corrected chi connectivity index (χ1v) is 7.66. The Balaban J connectivity index is 1.77. The van der Waals surface area contributed by atoms with E-state index in [4.69, 9.17) is 0 Å². The molecule has 25 heavy (non-hydrogen) atoms. The maximum absolute atomic E-state index is 12.8. The van der Waals surface area contributed by atoms with Crippen LogP contribution in [0.5, 0.6) is 0 Å². The number of hydrogen-bond donors (Lipinski definition) is 2. The summed E-state index contributed by atoms with van der Waals surface area (Å²) >= 11 is 0. The van der Waals surface area contributed by atoms with E-state index in [0.29, 0.717) is 12.4 Å². The minimum Gasteiger partial charge on any atom is -0.369 e. The molecular weight excluding hydrogens is 335 g/mol. The number of hydrogen-bond acceptors (Lipinski definition) is 5. The number of pyridine rings is 1. The van der Waals surface area contributed by atoms with Crippen molar-refractivity contribution in [3.05, 3.63) is 36.3 Å². The maximum Gasteiger partial charge on any atom is 0.417 e. The fourth-order valence-corrected chi connectivity index (χ4v) is 2.47. The summed E-state index contributed by atoms with van der Waals surface area (Å²) < 4.78 is 38.4. The third-order valence-electron chi connectivity index (χ3n) is 4.15. The predicted molar refractivity (Wildman–Crippen MR) is 84.5 cm³/mol. The third-order valence-corrected chi connectivity index (χ3v) is 4.15. The van der Waals surface area contributed by atoms with E-state index in [1.807, 2.05) is 0 Å². The first-order valence-electron chi connectivity index (χ1n) is 7.66. The van der Waals surface area contributed by atoms with Gasteiger partial charge in [-0.2, -0.15) is 13.2 Å². The van der Waals surface area contributed by atoms with Crippen molar-refractivity contribution in [2.75, 3.05) is 18.9 Å². The van der Waals surface area contributed by atoms with E-state index in [1.165, 1.54) is 12.4 Å². The first-order chi connectivity index (χ1) is 11.8. The standard InChI is InChI=1S/C16H16F3N5O/c1-20-14(25)15(3-4-15)9-23-12-2-5-22-13(24-12)10-6-11(8-21-7-10)16(17,18)19/h2,5-8H,3-4,9H2,1H3,(H,20,25)(H,22,23,24). The van der Waals surface area contributed by atoms with Crippen LogP contribution in [-0.2, 0) is 11.0 Å². The summed E-state index contributed by atoms with van der Waals surface area (Å²) in [5.41, 5.74) is -1.12. The number of amides is 1. The van der Waals surface area contributed by atoms with Crippen molar-refractivity contribution in [2.45, 2.75) is 19.0 Å². The molecule has 1 amide bonds. The molecule has 132 valence electrons. The van der Waals surface area contributed by atoms with Crippen LogP contribution in [0.1, 0.15) is 18.4 Å². The molecule has 0 radical (unpaired) electrons. The number of nitrogens with zero attached hydrogens (tertiary/aromatic N) is 3. The molecule has 2 N–H and O–H groups in total. The third kappa shape index (κ3) is 3.70. The van der Waals surface area contributed by atoms with Crippen molar-refractivity contribution in [3.63, 3.8) is 0 Å². The van der Waals surface area contributed by atoms with Gasteiger partial charge in [0.15, 0.2) is 5.82 Å². The maximum atomic E-state index is 12.8. The molecule has 0 aliphatic heterocycles. The molecule has 2 heterocycles. The molecule has 6 nitrogen and oxygen atoms in total. The molecule has 0 atom stereocenters. The van der Waals surface area contributed by atoms with Gasteiger partial charge in [-0.05, 0) is 25.0 Å². The van der Waals surface area contributed by atoms with Crippen molar-refractivity contribution in [1.82, 2.24) is 20.3 Å². The fraction of sp³-hybridized carbons (Fsp3) is 0.375. The van der Waals surface area contributed by atoms with Crippen LogP contribution < -0.4 is 10.6 Å². The smallest absolute Gasteiger partial charge is 0.369 e. The van der Waals surface area contributed by atoms with E-state index < -0.39 is 17.2 Å². The average molecular weight is 351 g/mol. The van der Waals surface area contributed by atoms with Gasteiger partial charge in [-0.1, -0.05) is 0 Å². The molecule has 1 saturated carbocycles. The highest BCUT2D eigenvalue weighted by Gasteiger charge is 2.49. The van der Waals surface area contributed by atoms with Gasteiger partial charge in [0.1, 0.15) is 5.82 Å². The Morgan fingerprint density at radius 1 is 1.32 bits per heavy atom. The molecule has 3 rings (SSSR count). The zero-order chi connectivity index (χ0) is 18.1. The van der Waals surface area contributed by atoms with Gasteiger partial charge in [0.05, 0.1) is 11.0 Å². The van der Waals surface area contributed by atoms with E-state index in [2.05, 4.69) is 25.6 Å². The predicted octanol–water partition coefficient (Wildman–Crippen LogP) is 2.50. The topological polar surface area (TPSA) is 79.8 Å². The molecule has 2 aromatic heterocycles. The number of carbonyl (C=O) groups excluding carboxylic acids is 1. The van der Waals surface area contributed by atoms with Gasteiger partial charge in [-0.25, -0.2) is 9.97 Å². The number of nitrogens with one attached hydrogen (secondary N) is 2. The van der Waals surface area contributed by atoms with Crippen molar-refractivity contribution in [1.29, 1.82) is 0 Å². The summed E-state index contributed by atoms with van der Waals surface area (Å²) in [6.07, 6.45) is 0.576. The van der Waals surface area contributed by atoms with Crippen molar-refractivity contribution < 1.29 is 18.0 Å².